The fraction of sp³-hybridized carbons (Fsp3) is 0.409. The van der Waals surface area contributed by atoms with Gasteiger partial charge in [0.1, 0.15) is 17.6 Å². The number of halogens is 3. The van der Waals surface area contributed by atoms with E-state index in [2.05, 4.69) is 0 Å². The maximum absolute atomic E-state index is 13.3. The Morgan fingerprint density at radius 1 is 1.27 bits per heavy atom. The normalized spacial score (nSPS) is 20.9. The van der Waals surface area contributed by atoms with Gasteiger partial charge in [-0.1, -0.05) is 24.3 Å². The lowest BCUT2D eigenvalue weighted by molar-refractivity contribution is -0.216. The molecule has 1 heterocycles. The number of benzene rings is 2. The van der Waals surface area contributed by atoms with Crippen molar-refractivity contribution >= 4 is 5.97 Å². The smallest absolute Gasteiger partial charge is 0.418 e. The molecular formula is C22H21F3O5. The van der Waals surface area contributed by atoms with Crippen molar-refractivity contribution in [3.05, 3.63) is 58.7 Å². The second-order valence-corrected chi connectivity index (χ2v) is 7.52. The van der Waals surface area contributed by atoms with Gasteiger partial charge in [-0.3, -0.25) is 4.79 Å². The molecule has 1 aliphatic heterocycles. The van der Waals surface area contributed by atoms with Gasteiger partial charge < -0.3 is 19.3 Å². The number of hydrogen-bond donors (Lipinski definition) is 1. The Kier molecular flexibility index (Phi) is 5.36. The van der Waals surface area contributed by atoms with Crippen LogP contribution in [0.5, 0.6) is 11.5 Å². The molecule has 8 heteroatoms. The Labute approximate surface area is 171 Å². The predicted molar refractivity (Wildman–Crippen MR) is 101 cm³/mol. The first-order valence-corrected chi connectivity index (χ1v) is 9.64. The number of carboxylic acids is 1. The molecule has 0 spiro atoms. The van der Waals surface area contributed by atoms with Crippen molar-refractivity contribution in [3.8, 4) is 11.5 Å². The van der Waals surface area contributed by atoms with Crippen LogP contribution in [0.4, 0.5) is 13.2 Å². The maximum atomic E-state index is 13.3. The molecule has 0 fully saturated rings. The highest BCUT2D eigenvalue weighted by atomic mass is 19.4. The first kappa shape index (κ1) is 20.5. The zero-order chi connectivity index (χ0) is 21.5. The molecule has 1 N–H and O–H groups in total. The molecule has 0 amide bonds. The van der Waals surface area contributed by atoms with E-state index in [1.54, 1.807) is 30.3 Å². The molecule has 0 saturated carbocycles. The van der Waals surface area contributed by atoms with Crippen LogP contribution in [0.2, 0.25) is 0 Å². The lowest BCUT2D eigenvalue weighted by atomic mass is 9.97. The van der Waals surface area contributed by atoms with Gasteiger partial charge in [-0.05, 0) is 35.6 Å². The average Bonchev–Trinajstić information content (AvgIpc) is 3.26. The molecule has 0 unspecified atom stereocenters. The van der Waals surface area contributed by atoms with Crippen molar-refractivity contribution in [1.82, 2.24) is 0 Å². The molecule has 0 aromatic heterocycles. The minimum Gasteiger partial charge on any atom is -0.492 e. The topological polar surface area (TPSA) is 65.0 Å². The molecule has 0 radical (unpaired) electrons. The van der Waals surface area contributed by atoms with Gasteiger partial charge in [-0.15, -0.1) is 0 Å². The molecule has 30 heavy (non-hydrogen) atoms. The fourth-order valence-corrected chi connectivity index (χ4v) is 4.32. The van der Waals surface area contributed by atoms with Crippen molar-refractivity contribution in [1.29, 1.82) is 0 Å². The number of aliphatic carboxylic acids is 1. The first-order chi connectivity index (χ1) is 14.3. The minimum atomic E-state index is -4.49. The Balaban J connectivity index is 1.56. The summed E-state index contributed by atoms with van der Waals surface area (Å²) in [7, 11) is 1.06. The molecule has 2 aromatic rings. The summed E-state index contributed by atoms with van der Waals surface area (Å²) in [5.74, 6) is 0.0346. The van der Waals surface area contributed by atoms with E-state index in [0.29, 0.717) is 36.5 Å². The molecule has 0 saturated heterocycles. The number of methoxy groups -OCH3 is 1. The predicted octanol–water partition coefficient (Wildman–Crippen LogP) is 4.95. The summed E-state index contributed by atoms with van der Waals surface area (Å²) < 4.78 is 56.5. The van der Waals surface area contributed by atoms with E-state index in [0.717, 1.165) is 18.2 Å². The van der Waals surface area contributed by atoms with E-state index in [1.807, 2.05) is 0 Å². The zero-order valence-electron chi connectivity index (χ0n) is 16.2. The van der Waals surface area contributed by atoms with Crippen molar-refractivity contribution in [2.24, 2.45) is 0 Å². The third-order valence-electron chi connectivity index (χ3n) is 5.63. The number of carbonyl (C=O) groups is 1. The Bertz CT molecular complexity index is 956. The summed E-state index contributed by atoms with van der Waals surface area (Å²) in [6.07, 6.45) is -5.82. The second kappa shape index (κ2) is 7.83. The number of alkyl halides is 3. The van der Waals surface area contributed by atoms with Crippen LogP contribution in [0.3, 0.4) is 0 Å². The van der Waals surface area contributed by atoms with Crippen LogP contribution >= 0.6 is 0 Å². The van der Waals surface area contributed by atoms with Crippen LogP contribution in [-0.2, 0) is 16.0 Å². The quantitative estimate of drug-likeness (QED) is 0.713. The summed E-state index contributed by atoms with van der Waals surface area (Å²) >= 11 is 0. The highest BCUT2D eigenvalue weighted by Crippen LogP contribution is 2.44. The summed E-state index contributed by atoms with van der Waals surface area (Å²) in [4.78, 5) is 11.0. The number of hydrogen-bond acceptors (Lipinski definition) is 4. The molecule has 3 atom stereocenters. The van der Waals surface area contributed by atoms with Gasteiger partial charge in [0.25, 0.3) is 0 Å². The van der Waals surface area contributed by atoms with E-state index in [4.69, 9.17) is 19.3 Å². The third-order valence-corrected chi connectivity index (χ3v) is 5.63. The van der Waals surface area contributed by atoms with Crippen LogP contribution in [0, 0.1) is 0 Å². The van der Waals surface area contributed by atoms with Crippen molar-refractivity contribution < 1.29 is 37.3 Å². The number of ether oxygens (including phenoxy) is 3. The first-order valence-electron chi connectivity index (χ1n) is 9.64. The largest absolute Gasteiger partial charge is 0.492 e. The zero-order valence-corrected chi connectivity index (χ0v) is 16.2. The van der Waals surface area contributed by atoms with Crippen molar-refractivity contribution in [2.45, 2.75) is 43.6 Å². The molecule has 2 aromatic carbocycles. The molecule has 4 rings (SSSR count). The van der Waals surface area contributed by atoms with Crippen LogP contribution < -0.4 is 9.47 Å². The van der Waals surface area contributed by atoms with E-state index >= 15 is 0 Å². The SMILES string of the molecule is CO[C@@H](c1cccc2c1CC[C@H]2Oc1ccc2c(c1)OC[C@H]2CC(=O)O)C(F)(F)F. The molecular weight excluding hydrogens is 401 g/mol. The van der Waals surface area contributed by atoms with Gasteiger partial charge in [0.15, 0.2) is 6.10 Å². The maximum Gasteiger partial charge on any atom is 0.418 e. The number of fused-ring (bicyclic) bond motifs is 2. The van der Waals surface area contributed by atoms with Crippen molar-refractivity contribution in [2.75, 3.05) is 13.7 Å². The molecule has 5 nitrogen and oxygen atoms in total. The van der Waals surface area contributed by atoms with Crippen LogP contribution in [-0.4, -0.2) is 31.0 Å². The number of rotatable bonds is 6. The van der Waals surface area contributed by atoms with E-state index in [9.17, 15) is 18.0 Å². The Morgan fingerprint density at radius 3 is 2.77 bits per heavy atom. The summed E-state index contributed by atoms with van der Waals surface area (Å²) in [5.41, 5.74) is 2.30. The monoisotopic (exact) mass is 422 g/mol. The fourth-order valence-electron chi connectivity index (χ4n) is 4.32. The average molecular weight is 422 g/mol. The summed E-state index contributed by atoms with van der Waals surface area (Å²) in [5, 5.41) is 9.01. The molecule has 160 valence electrons. The number of carboxylic acid groups (broad SMARTS) is 1. The lowest BCUT2D eigenvalue weighted by Gasteiger charge is -2.22. The van der Waals surface area contributed by atoms with E-state index in [1.165, 1.54) is 6.07 Å². The highest BCUT2D eigenvalue weighted by Gasteiger charge is 2.43. The van der Waals surface area contributed by atoms with Crippen LogP contribution in [0.1, 0.15) is 53.2 Å². The van der Waals surface area contributed by atoms with Gasteiger partial charge >= 0.3 is 12.1 Å². The van der Waals surface area contributed by atoms with E-state index < -0.39 is 18.2 Å². The van der Waals surface area contributed by atoms with Gasteiger partial charge in [0, 0.05) is 24.7 Å². The van der Waals surface area contributed by atoms with Crippen LogP contribution in [0.15, 0.2) is 36.4 Å². The second-order valence-electron chi connectivity index (χ2n) is 7.52. The molecule has 2 aliphatic rings. The van der Waals surface area contributed by atoms with Gasteiger partial charge in [-0.2, -0.15) is 13.2 Å². The lowest BCUT2D eigenvalue weighted by Crippen LogP contribution is -2.23. The third kappa shape index (κ3) is 3.84. The Hall–Kier alpha value is -2.74. The van der Waals surface area contributed by atoms with Gasteiger partial charge in [0.2, 0.25) is 0 Å². The summed E-state index contributed by atoms with van der Waals surface area (Å²) in [6, 6.07) is 10.1. The highest BCUT2D eigenvalue weighted by molar-refractivity contribution is 5.68. The standard InChI is InChI=1S/C22H21F3O5/c1-28-21(22(23,24)25)17-4-2-3-16-15(17)7-8-18(16)30-13-5-6-14-12(9-20(26)27)11-29-19(14)10-13/h2-6,10,12,18,21H,7-9,11H2,1H3,(H,26,27)/t12-,18-,21+/m1/s1. The Morgan fingerprint density at radius 2 is 2.07 bits per heavy atom. The van der Waals surface area contributed by atoms with E-state index in [-0.39, 0.29) is 24.0 Å². The van der Waals surface area contributed by atoms with Gasteiger partial charge in [-0.25, -0.2) is 0 Å². The molecule has 1 aliphatic carbocycles. The van der Waals surface area contributed by atoms with Crippen LogP contribution in [0.25, 0.3) is 0 Å². The van der Waals surface area contributed by atoms with Crippen molar-refractivity contribution in [3.63, 3.8) is 0 Å². The molecule has 0 bridgehead atoms. The van der Waals surface area contributed by atoms with Gasteiger partial charge in [0.05, 0.1) is 13.0 Å². The summed E-state index contributed by atoms with van der Waals surface area (Å²) in [6.45, 7) is 0.302. The minimum absolute atomic E-state index is 0.00808.